The summed E-state index contributed by atoms with van der Waals surface area (Å²) in [6.45, 7) is 4.33. The first-order valence-corrected chi connectivity index (χ1v) is 13.5. The normalized spacial score (nSPS) is 18.8. The van der Waals surface area contributed by atoms with Gasteiger partial charge in [-0.3, -0.25) is 4.79 Å². The first-order valence-electron chi connectivity index (χ1n) is 13.5. The van der Waals surface area contributed by atoms with Gasteiger partial charge in [-0.25, -0.2) is 13.8 Å². The topological polar surface area (TPSA) is 82.3 Å². The Kier molecular flexibility index (Phi) is 5.86. The van der Waals surface area contributed by atoms with Gasteiger partial charge in [0.05, 0.1) is 17.7 Å². The number of piperazine rings is 1. The highest BCUT2D eigenvalue weighted by atomic mass is 19.2. The van der Waals surface area contributed by atoms with Gasteiger partial charge in [-0.05, 0) is 54.5 Å². The van der Waals surface area contributed by atoms with Gasteiger partial charge in [0, 0.05) is 67.9 Å². The summed E-state index contributed by atoms with van der Waals surface area (Å²) in [7, 11) is 0. The Morgan fingerprint density at radius 3 is 2.51 bits per heavy atom. The number of aromatic nitrogens is 2. The summed E-state index contributed by atoms with van der Waals surface area (Å²) in [5.74, 6) is -0.970. The zero-order chi connectivity index (χ0) is 26.6. The number of aromatic amines is 1. The van der Waals surface area contributed by atoms with E-state index in [9.17, 15) is 13.6 Å². The van der Waals surface area contributed by atoms with Gasteiger partial charge in [-0.2, -0.15) is 0 Å². The number of Topliss-reactive ketones (excluding diaryl/α,β-unsaturated/α-hetero) is 1. The number of piperidine rings is 1. The largest absolute Gasteiger partial charge is 0.486 e. The number of benzene rings is 2. The molecule has 7 nitrogen and oxygen atoms in total. The second kappa shape index (κ2) is 9.43. The van der Waals surface area contributed by atoms with Crippen LogP contribution in [-0.2, 0) is 0 Å². The average molecular weight is 530 g/mol. The molecule has 3 N–H and O–H groups in total. The van der Waals surface area contributed by atoms with Crippen molar-refractivity contribution in [3.63, 3.8) is 0 Å². The molecular weight excluding hydrogens is 500 g/mol. The van der Waals surface area contributed by atoms with E-state index in [2.05, 4.69) is 20.6 Å². The molecule has 0 atom stereocenters. The molecule has 0 bridgehead atoms. The number of halogens is 2. The minimum absolute atomic E-state index is 0.117. The van der Waals surface area contributed by atoms with Crippen LogP contribution in [0.2, 0.25) is 0 Å². The number of ether oxygens (including phenoxy) is 1. The van der Waals surface area contributed by atoms with Gasteiger partial charge in [-0.1, -0.05) is 6.07 Å². The monoisotopic (exact) mass is 529 g/mol. The number of ketones is 1. The third-order valence-corrected chi connectivity index (χ3v) is 8.25. The van der Waals surface area contributed by atoms with E-state index >= 15 is 0 Å². The van der Waals surface area contributed by atoms with Gasteiger partial charge in [0.2, 0.25) is 0 Å². The summed E-state index contributed by atoms with van der Waals surface area (Å²) in [6, 6.07) is 10.6. The van der Waals surface area contributed by atoms with Crippen molar-refractivity contribution >= 4 is 22.5 Å². The number of anilines is 1. The fourth-order valence-corrected chi connectivity index (χ4v) is 6.10. The van der Waals surface area contributed by atoms with Crippen molar-refractivity contribution < 1.29 is 18.3 Å². The van der Waals surface area contributed by atoms with Crippen molar-refractivity contribution in [2.24, 2.45) is 0 Å². The standard InChI is InChI=1S/C30H29F2N5O2/c31-24-12-19(13-25(28(24)32)37-9-7-34-8-10-37)20-11-22-23(17-36-29(22)35-16-20)18-1-2-21-26(38)15-30(39-27(21)14-18)3-5-33-6-4-30/h1-2,11-14,16-17,33-34H,3-10,15H2,(H,35,36). The van der Waals surface area contributed by atoms with Gasteiger partial charge in [0.1, 0.15) is 17.0 Å². The number of carbonyl (C=O) groups excluding carboxylic acids is 1. The number of carbonyl (C=O) groups is 1. The fraction of sp³-hybridized carbons (Fsp3) is 0.333. The number of pyridine rings is 1. The lowest BCUT2D eigenvalue weighted by Crippen LogP contribution is -2.49. The molecule has 9 heteroatoms. The summed E-state index contributed by atoms with van der Waals surface area (Å²) in [5.41, 5.74) is 4.17. The third-order valence-electron chi connectivity index (χ3n) is 8.25. The van der Waals surface area contributed by atoms with E-state index in [0.717, 1.165) is 55.5 Å². The first-order chi connectivity index (χ1) is 19.0. The molecule has 1 spiro atoms. The summed E-state index contributed by atoms with van der Waals surface area (Å²) < 4.78 is 36.0. The van der Waals surface area contributed by atoms with Crippen LogP contribution in [0.5, 0.6) is 5.75 Å². The van der Waals surface area contributed by atoms with Crippen LogP contribution in [0.4, 0.5) is 14.5 Å². The molecule has 0 saturated carbocycles. The van der Waals surface area contributed by atoms with Crippen LogP contribution >= 0.6 is 0 Å². The lowest BCUT2D eigenvalue weighted by atomic mass is 9.82. The fourth-order valence-electron chi connectivity index (χ4n) is 6.10. The molecule has 2 aromatic heterocycles. The van der Waals surface area contributed by atoms with Gasteiger partial charge in [0.25, 0.3) is 0 Å². The zero-order valence-corrected chi connectivity index (χ0v) is 21.4. The number of hydrogen-bond acceptors (Lipinski definition) is 6. The van der Waals surface area contributed by atoms with Crippen LogP contribution in [0.25, 0.3) is 33.3 Å². The van der Waals surface area contributed by atoms with E-state index in [0.29, 0.717) is 47.6 Å². The van der Waals surface area contributed by atoms with Gasteiger partial charge >= 0.3 is 0 Å². The Labute approximate surface area is 224 Å². The maximum atomic E-state index is 14.8. The Balaban J connectivity index is 1.27. The molecule has 5 heterocycles. The number of fused-ring (bicyclic) bond motifs is 2. The molecule has 7 rings (SSSR count). The lowest BCUT2D eigenvalue weighted by Gasteiger charge is -2.41. The smallest absolute Gasteiger partial charge is 0.182 e. The summed E-state index contributed by atoms with van der Waals surface area (Å²) in [6.07, 6.45) is 5.56. The van der Waals surface area contributed by atoms with E-state index in [1.54, 1.807) is 12.3 Å². The van der Waals surface area contributed by atoms with Crippen LogP contribution in [0.1, 0.15) is 29.6 Å². The van der Waals surface area contributed by atoms with E-state index in [1.807, 2.05) is 35.4 Å². The SMILES string of the molecule is O=C1CC2(CCNCC2)Oc2cc(-c3c[nH]c4ncc(-c5cc(F)c(F)c(N6CCNCC6)c5)cc34)ccc21. The predicted octanol–water partition coefficient (Wildman–Crippen LogP) is 4.67. The molecule has 0 aliphatic carbocycles. The van der Waals surface area contributed by atoms with E-state index in [-0.39, 0.29) is 11.5 Å². The Morgan fingerprint density at radius 1 is 0.897 bits per heavy atom. The van der Waals surface area contributed by atoms with Crippen molar-refractivity contribution in [1.82, 2.24) is 20.6 Å². The molecule has 4 aromatic rings. The minimum Gasteiger partial charge on any atom is -0.486 e. The summed E-state index contributed by atoms with van der Waals surface area (Å²) in [4.78, 5) is 22.7. The molecule has 2 aromatic carbocycles. The second-order valence-electron chi connectivity index (χ2n) is 10.7. The highest BCUT2D eigenvalue weighted by Crippen LogP contribution is 2.41. The zero-order valence-electron chi connectivity index (χ0n) is 21.4. The molecule has 0 radical (unpaired) electrons. The van der Waals surface area contributed by atoms with Gasteiger partial charge in [-0.15, -0.1) is 0 Å². The number of nitrogens with zero attached hydrogens (tertiary/aromatic N) is 2. The van der Waals surface area contributed by atoms with Crippen LogP contribution in [-0.4, -0.2) is 60.6 Å². The molecule has 0 unspecified atom stereocenters. The average Bonchev–Trinajstić information content (AvgIpc) is 3.38. The maximum absolute atomic E-state index is 14.8. The first kappa shape index (κ1) is 24.2. The molecule has 200 valence electrons. The lowest BCUT2D eigenvalue weighted by molar-refractivity contribution is 0.0188. The third kappa shape index (κ3) is 4.26. The number of rotatable bonds is 3. The van der Waals surface area contributed by atoms with Crippen LogP contribution in [0, 0.1) is 11.6 Å². The Bertz CT molecular complexity index is 1590. The van der Waals surface area contributed by atoms with Crippen molar-refractivity contribution in [2.45, 2.75) is 24.9 Å². The van der Waals surface area contributed by atoms with Crippen LogP contribution in [0.15, 0.2) is 48.8 Å². The molecule has 2 saturated heterocycles. The van der Waals surface area contributed by atoms with E-state index in [1.165, 1.54) is 6.07 Å². The van der Waals surface area contributed by atoms with Crippen LogP contribution < -0.4 is 20.3 Å². The Morgan fingerprint density at radius 2 is 1.69 bits per heavy atom. The van der Waals surface area contributed by atoms with Crippen molar-refractivity contribution in [3.8, 4) is 28.0 Å². The van der Waals surface area contributed by atoms with Crippen molar-refractivity contribution in [2.75, 3.05) is 44.2 Å². The molecular formula is C30H29F2N5O2. The molecule has 0 amide bonds. The van der Waals surface area contributed by atoms with E-state index in [4.69, 9.17) is 4.74 Å². The number of H-pyrrole nitrogens is 1. The summed E-state index contributed by atoms with van der Waals surface area (Å²) in [5, 5.41) is 7.43. The molecule has 3 aliphatic rings. The van der Waals surface area contributed by atoms with E-state index < -0.39 is 17.2 Å². The Hall–Kier alpha value is -3.82. The van der Waals surface area contributed by atoms with Gasteiger partial charge in [0.15, 0.2) is 17.4 Å². The molecule has 39 heavy (non-hydrogen) atoms. The predicted molar refractivity (Wildman–Crippen MR) is 146 cm³/mol. The number of nitrogens with one attached hydrogen (secondary N) is 3. The molecule has 2 fully saturated rings. The van der Waals surface area contributed by atoms with Crippen molar-refractivity contribution in [3.05, 3.63) is 66.0 Å². The van der Waals surface area contributed by atoms with Crippen LogP contribution in [0.3, 0.4) is 0 Å². The van der Waals surface area contributed by atoms with Crippen molar-refractivity contribution in [1.29, 1.82) is 0 Å². The highest BCUT2D eigenvalue weighted by molar-refractivity contribution is 6.02. The van der Waals surface area contributed by atoms with Gasteiger partial charge < -0.3 is 25.3 Å². The summed E-state index contributed by atoms with van der Waals surface area (Å²) >= 11 is 0. The molecule has 3 aliphatic heterocycles. The maximum Gasteiger partial charge on any atom is 0.182 e. The number of hydrogen-bond donors (Lipinski definition) is 3. The highest BCUT2D eigenvalue weighted by Gasteiger charge is 2.41. The quantitative estimate of drug-likeness (QED) is 0.358. The minimum atomic E-state index is -0.876. The second-order valence-corrected chi connectivity index (χ2v) is 10.7.